The molecule has 0 spiro atoms. The molecular formula is C5H4BrClN2. The number of aryl methyl sites for hydroxylation is 1. The number of hydrogen-bond donors (Lipinski definition) is 0. The van der Waals surface area contributed by atoms with Crippen LogP contribution in [0.2, 0.25) is 5.15 Å². The summed E-state index contributed by atoms with van der Waals surface area (Å²) < 4.78 is 21.4. The highest BCUT2D eigenvalue weighted by Crippen LogP contribution is 2.17. The Morgan fingerprint density at radius 3 is 3.22 bits per heavy atom. The first-order valence-corrected chi connectivity index (χ1v) is 3.27. The van der Waals surface area contributed by atoms with E-state index >= 15 is 0 Å². The van der Waals surface area contributed by atoms with Crippen molar-refractivity contribution in [1.82, 2.24) is 9.97 Å². The quantitative estimate of drug-likeness (QED) is 0.614. The minimum absolute atomic E-state index is 0.108. The van der Waals surface area contributed by atoms with Crippen LogP contribution in [0.3, 0.4) is 0 Å². The molecule has 4 heteroatoms. The molecule has 0 amide bonds. The number of aromatic nitrogens is 2. The van der Waals surface area contributed by atoms with Gasteiger partial charge < -0.3 is 0 Å². The van der Waals surface area contributed by atoms with Crippen LogP contribution in [0.5, 0.6) is 0 Å². The van der Waals surface area contributed by atoms with E-state index in [-0.39, 0.29) is 11.0 Å². The highest BCUT2D eigenvalue weighted by molar-refractivity contribution is 9.10. The predicted octanol–water partition coefficient (Wildman–Crippen LogP) is 2.20. The molecule has 1 rings (SSSR count). The van der Waals surface area contributed by atoms with Gasteiger partial charge in [-0.25, -0.2) is 9.97 Å². The van der Waals surface area contributed by atoms with Crippen molar-refractivity contribution in [2.24, 2.45) is 0 Å². The van der Waals surface area contributed by atoms with Crippen molar-refractivity contribution in [2.75, 3.05) is 0 Å². The molecule has 0 aliphatic carbocycles. The van der Waals surface area contributed by atoms with Crippen LogP contribution in [0.1, 0.15) is 9.94 Å². The summed E-state index contributed by atoms with van der Waals surface area (Å²) >= 11 is 8.63. The maximum Gasteiger partial charge on any atom is 0.146 e. The predicted molar refractivity (Wildman–Crippen MR) is 39.5 cm³/mol. The molecule has 48 valence electrons. The SMILES string of the molecule is [2H]C([2H])([2H])c1ncc(Br)c(Cl)n1. The molecule has 0 unspecified atom stereocenters. The van der Waals surface area contributed by atoms with E-state index in [0.717, 1.165) is 0 Å². The molecular weight excluding hydrogens is 203 g/mol. The normalized spacial score (nSPS) is 16.0. The minimum atomic E-state index is -2.30. The van der Waals surface area contributed by atoms with Gasteiger partial charge in [0.2, 0.25) is 0 Å². The maximum absolute atomic E-state index is 6.97. The first kappa shape index (κ1) is 3.88. The first-order chi connectivity index (χ1) is 5.41. The maximum atomic E-state index is 6.97. The van der Waals surface area contributed by atoms with Crippen molar-refractivity contribution in [3.63, 3.8) is 0 Å². The number of hydrogen-bond acceptors (Lipinski definition) is 2. The molecule has 0 radical (unpaired) electrons. The van der Waals surface area contributed by atoms with Gasteiger partial charge in [0, 0.05) is 10.3 Å². The van der Waals surface area contributed by atoms with Crippen LogP contribution < -0.4 is 0 Å². The Morgan fingerprint density at radius 2 is 2.67 bits per heavy atom. The second-order valence-corrected chi connectivity index (χ2v) is 2.54. The van der Waals surface area contributed by atoms with Crippen molar-refractivity contribution in [1.29, 1.82) is 0 Å². The molecule has 0 aliphatic rings. The van der Waals surface area contributed by atoms with Gasteiger partial charge in [-0.15, -0.1) is 0 Å². The molecule has 0 atom stereocenters. The number of rotatable bonds is 0. The van der Waals surface area contributed by atoms with E-state index in [1.165, 1.54) is 6.20 Å². The monoisotopic (exact) mass is 209 g/mol. The van der Waals surface area contributed by atoms with Gasteiger partial charge in [0.1, 0.15) is 11.0 Å². The zero-order valence-corrected chi connectivity index (χ0v) is 6.57. The van der Waals surface area contributed by atoms with Gasteiger partial charge in [0.05, 0.1) is 4.47 Å². The van der Waals surface area contributed by atoms with Crippen LogP contribution in [0.25, 0.3) is 0 Å². The third kappa shape index (κ3) is 1.63. The van der Waals surface area contributed by atoms with E-state index in [2.05, 4.69) is 25.9 Å². The van der Waals surface area contributed by atoms with Crippen LogP contribution in [0, 0.1) is 6.85 Å². The van der Waals surface area contributed by atoms with E-state index in [1.54, 1.807) is 0 Å². The van der Waals surface area contributed by atoms with Crippen molar-refractivity contribution >= 4 is 27.5 Å². The van der Waals surface area contributed by atoms with Gasteiger partial charge in [0.15, 0.2) is 0 Å². The fourth-order valence-electron chi connectivity index (χ4n) is 0.346. The van der Waals surface area contributed by atoms with E-state index < -0.39 is 6.85 Å². The molecule has 1 heterocycles. The van der Waals surface area contributed by atoms with Crippen LogP contribution in [-0.2, 0) is 0 Å². The highest BCUT2D eigenvalue weighted by Gasteiger charge is 1.96. The molecule has 0 fully saturated rings. The summed E-state index contributed by atoms with van der Waals surface area (Å²) in [6.45, 7) is -2.30. The summed E-state index contributed by atoms with van der Waals surface area (Å²) in [7, 11) is 0. The third-order valence-electron chi connectivity index (χ3n) is 0.701. The zero-order chi connectivity index (χ0) is 9.35. The van der Waals surface area contributed by atoms with Crippen molar-refractivity contribution in [2.45, 2.75) is 6.85 Å². The molecule has 0 aromatic carbocycles. The van der Waals surface area contributed by atoms with Gasteiger partial charge in [-0.2, -0.15) is 0 Å². The summed E-state index contributed by atoms with van der Waals surface area (Å²) in [4.78, 5) is 7.19. The molecule has 1 aromatic rings. The van der Waals surface area contributed by atoms with E-state index in [9.17, 15) is 0 Å². The van der Waals surface area contributed by atoms with Crippen molar-refractivity contribution in [3.8, 4) is 0 Å². The van der Waals surface area contributed by atoms with Gasteiger partial charge in [-0.1, -0.05) is 11.6 Å². The number of nitrogens with zero attached hydrogens (tertiary/aromatic N) is 2. The molecule has 0 saturated heterocycles. The van der Waals surface area contributed by atoms with Crippen molar-refractivity contribution in [3.05, 3.63) is 21.6 Å². The highest BCUT2D eigenvalue weighted by atomic mass is 79.9. The largest absolute Gasteiger partial charge is 0.240 e. The Morgan fingerprint density at radius 1 is 1.89 bits per heavy atom. The molecule has 1 aromatic heterocycles. The van der Waals surface area contributed by atoms with Gasteiger partial charge in [0.25, 0.3) is 0 Å². The second kappa shape index (κ2) is 2.62. The summed E-state index contributed by atoms with van der Waals surface area (Å²) in [6.07, 6.45) is 1.32. The van der Waals surface area contributed by atoms with Gasteiger partial charge in [-0.3, -0.25) is 0 Å². The molecule has 9 heavy (non-hydrogen) atoms. The van der Waals surface area contributed by atoms with E-state index in [4.69, 9.17) is 15.7 Å². The Balaban J connectivity index is 3.14. The molecule has 0 N–H and O–H groups in total. The molecule has 2 nitrogen and oxygen atoms in total. The van der Waals surface area contributed by atoms with Gasteiger partial charge in [-0.05, 0) is 22.8 Å². The lowest BCUT2D eigenvalue weighted by Gasteiger charge is -1.92. The fraction of sp³-hybridized carbons (Fsp3) is 0.200. The molecule has 0 bridgehead atoms. The molecule has 0 aliphatic heterocycles. The second-order valence-electron chi connectivity index (χ2n) is 1.33. The summed E-state index contributed by atoms with van der Waals surface area (Å²) in [5, 5.41) is 0.108. The zero-order valence-electron chi connectivity index (χ0n) is 7.23. The Hall–Kier alpha value is -0.150. The van der Waals surface area contributed by atoms with Crippen LogP contribution >= 0.6 is 27.5 Å². The smallest absolute Gasteiger partial charge is 0.146 e. The number of halogens is 2. The van der Waals surface area contributed by atoms with E-state index in [0.29, 0.717) is 4.47 Å². The lowest BCUT2D eigenvalue weighted by Crippen LogP contribution is -1.86. The van der Waals surface area contributed by atoms with Crippen LogP contribution in [-0.4, -0.2) is 9.97 Å². The fourth-order valence-corrected chi connectivity index (χ4v) is 0.666. The molecule has 0 saturated carbocycles. The first-order valence-electron chi connectivity index (χ1n) is 3.60. The lowest BCUT2D eigenvalue weighted by atomic mass is 10.6. The third-order valence-corrected chi connectivity index (χ3v) is 1.80. The Bertz CT molecular complexity index is 301. The van der Waals surface area contributed by atoms with E-state index in [1.807, 2.05) is 0 Å². The summed E-state index contributed by atoms with van der Waals surface area (Å²) in [6, 6.07) is 0. The average Bonchev–Trinajstić information content (AvgIpc) is 1.92. The standard InChI is InChI=1S/C5H4BrClN2/c1-3-8-2-4(6)5(7)9-3/h2H,1H3/i1D3. The van der Waals surface area contributed by atoms with Crippen LogP contribution in [0.15, 0.2) is 10.7 Å². The average molecular weight is 210 g/mol. The lowest BCUT2D eigenvalue weighted by molar-refractivity contribution is 1.04. The summed E-state index contributed by atoms with van der Waals surface area (Å²) in [5.41, 5.74) is 0. The minimum Gasteiger partial charge on any atom is -0.240 e. The van der Waals surface area contributed by atoms with Crippen molar-refractivity contribution < 1.29 is 4.11 Å². The van der Waals surface area contributed by atoms with Crippen LogP contribution in [0.4, 0.5) is 0 Å². The van der Waals surface area contributed by atoms with Gasteiger partial charge >= 0.3 is 0 Å². The summed E-state index contributed by atoms with van der Waals surface area (Å²) in [5.74, 6) is -0.240. The Labute approximate surface area is 70.6 Å². The topological polar surface area (TPSA) is 25.8 Å². The Kier molecular flexibility index (Phi) is 1.13.